The van der Waals surface area contributed by atoms with E-state index in [0.717, 1.165) is 24.2 Å². The van der Waals surface area contributed by atoms with Crippen LogP contribution in [-0.2, 0) is 37.0 Å². The van der Waals surface area contributed by atoms with Crippen LogP contribution in [-0.4, -0.2) is 71.2 Å². The highest BCUT2D eigenvalue weighted by molar-refractivity contribution is 5.80. The Morgan fingerprint density at radius 2 is 1.97 bits per heavy atom. The first-order chi connectivity index (χ1) is 15.0. The molecule has 0 radical (unpaired) electrons. The maximum Gasteiger partial charge on any atom is 0.290 e. The summed E-state index contributed by atoms with van der Waals surface area (Å²) in [7, 11) is 1.60. The summed E-state index contributed by atoms with van der Waals surface area (Å²) in [5.74, 6) is -0.399. The lowest BCUT2D eigenvalue weighted by molar-refractivity contribution is -0.131. The molecule has 0 spiro atoms. The van der Waals surface area contributed by atoms with Gasteiger partial charge in [-0.2, -0.15) is 5.10 Å². The highest BCUT2D eigenvalue weighted by Gasteiger charge is 2.34. The number of carbonyl (C=O) groups is 3. The number of methoxy groups -OCH3 is 1. The molecule has 11 nitrogen and oxygen atoms in total. The lowest BCUT2D eigenvalue weighted by Gasteiger charge is -2.34. The number of aromatic nitrogens is 2. The number of carboxylic acid groups (broad SMARTS) is 1. The second kappa shape index (κ2) is 13.0. The molecule has 174 valence electrons. The summed E-state index contributed by atoms with van der Waals surface area (Å²) in [5, 5.41) is 30.1. The number of rotatable bonds is 7. The van der Waals surface area contributed by atoms with E-state index in [9.17, 15) is 14.7 Å². The van der Waals surface area contributed by atoms with E-state index in [4.69, 9.17) is 19.4 Å². The quantitative estimate of drug-likeness (QED) is 0.368. The Morgan fingerprint density at radius 1 is 1.26 bits per heavy atom. The summed E-state index contributed by atoms with van der Waals surface area (Å²) in [6.45, 7) is 1.74. The number of aromatic amines is 1. The van der Waals surface area contributed by atoms with E-state index in [1.807, 2.05) is 6.07 Å². The van der Waals surface area contributed by atoms with Crippen LogP contribution in [0.2, 0.25) is 0 Å². The van der Waals surface area contributed by atoms with Gasteiger partial charge in [-0.3, -0.25) is 19.5 Å². The predicted molar refractivity (Wildman–Crippen MR) is 109 cm³/mol. The van der Waals surface area contributed by atoms with Gasteiger partial charge in [0.1, 0.15) is 0 Å². The summed E-state index contributed by atoms with van der Waals surface area (Å²) in [5.41, 5.74) is 1.58. The minimum Gasteiger partial charge on any atom is -0.483 e. The van der Waals surface area contributed by atoms with Crippen LogP contribution in [0.3, 0.4) is 0 Å². The summed E-state index contributed by atoms with van der Waals surface area (Å²) >= 11 is 0. The third-order valence-corrected chi connectivity index (χ3v) is 5.54. The molecule has 2 amide bonds. The van der Waals surface area contributed by atoms with E-state index >= 15 is 0 Å². The molecule has 0 aromatic carbocycles. The van der Waals surface area contributed by atoms with Crippen molar-refractivity contribution in [2.45, 2.75) is 57.4 Å². The van der Waals surface area contributed by atoms with E-state index in [1.165, 1.54) is 0 Å². The van der Waals surface area contributed by atoms with E-state index in [-0.39, 0.29) is 36.2 Å². The first kappa shape index (κ1) is 24.8. The third-order valence-electron chi connectivity index (χ3n) is 5.54. The molecule has 1 aliphatic carbocycles. The molecule has 3 atom stereocenters. The zero-order valence-electron chi connectivity index (χ0n) is 17.7. The average molecular weight is 440 g/mol. The van der Waals surface area contributed by atoms with Gasteiger partial charge in [-0.1, -0.05) is 0 Å². The first-order valence-electron chi connectivity index (χ1n) is 10.4. The van der Waals surface area contributed by atoms with E-state index < -0.39 is 6.10 Å². The van der Waals surface area contributed by atoms with Crippen LogP contribution in [0, 0.1) is 11.8 Å². The van der Waals surface area contributed by atoms with Gasteiger partial charge < -0.3 is 30.3 Å². The molecule has 0 bridgehead atoms. The molecule has 1 aromatic heterocycles. The number of aliphatic hydroxyl groups excluding tert-OH is 1. The normalized spacial score (nSPS) is 23.9. The number of carbonyl (C=O) groups excluding carboxylic acids is 2. The SMILES string of the molecule is COCc1cc(CNC(=O)[C@H]2CC[C@@H](NC(=O)C3CCOCC3)[C@H](O)C2)[nH]n1.O=CO. The molecule has 1 saturated heterocycles. The molecule has 1 aliphatic heterocycles. The molecule has 2 heterocycles. The summed E-state index contributed by atoms with van der Waals surface area (Å²) in [4.78, 5) is 33.2. The molecule has 1 saturated carbocycles. The average Bonchev–Trinajstić information content (AvgIpc) is 3.22. The maximum atomic E-state index is 12.4. The van der Waals surface area contributed by atoms with Gasteiger partial charge in [0, 0.05) is 32.2 Å². The number of hydrogen-bond donors (Lipinski definition) is 5. The lowest BCUT2D eigenvalue weighted by Crippen LogP contribution is -2.50. The number of hydrogen-bond acceptors (Lipinski definition) is 7. The van der Waals surface area contributed by atoms with E-state index in [2.05, 4.69) is 20.8 Å². The molecule has 0 unspecified atom stereocenters. The third kappa shape index (κ3) is 7.93. The topological polar surface area (TPSA) is 163 Å². The largest absolute Gasteiger partial charge is 0.483 e. The van der Waals surface area contributed by atoms with Crippen molar-refractivity contribution in [3.8, 4) is 0 Å². The van der Waals surface area contributed by atoms with Gasteiger partial charge in [-0.15, -0.1) is 0 Å². The van der Waals surface area contributed by atoms with E-state index in [1.54, 1.807) is 7.11 Å². The molecule has 2 fully saturated rings. The molecular formula is C20H32N4O7. The summed E-state index contributed by atoms with van der Waals surface area (Å²) < 4.78 is 10.3. The Hall–Kier alpha value is -2.50. The molecule has 11 heteroatoms. The van der Waals surface area contributed by atoms with Crippen LogP contribution in [0.15, 0.2) is 6.07 Å². The van der Waals surface area contributed by atoms with Crippen LogP contribution in [0.4, 0.5) is 0 Å². The second-order valence-corrected chi connectivity index (χ2v) is 7.72. The fourth-order valence-corrected chi connectivity index (χ4v) is 3.86. The standard InChI is InChI=1S/C19H30N4O5.CH2O2/c1-27-11-15-9-14(22-23-15)10-20-18(25)13-2-3-16(17(24)8-13)21-19(26)12-4-6-28-7-5-12;2-1-3/h9,12-13,16-17,24H,2-8,10-11H2,1H3,(H,20,25)(H,21,26)(H,22,23);1H,(H,2,3)/t13-,16+,17+;/m0./s1. The van der Waals surface area contributed by atoms with Crippen molar-refractivity contribution >= 4 is 18.3 Å². The molecule has 3 rings (SSSR count). The fraction of sp³-hybridized carbons (Fsp3) is 0.700. The van der Waals surface area contributed by atoms with Gasteiger partial charge in [0.25, 0.3) is 6.47 Å². The van der Waals surface area contributed by atoms with Crippen molar-refractivity contribution < 1.29 is 34.1 Å². The van der Waals surface area contributed by atoms with Crippen molar-refractivity contribution in [2.24, 2.45) is 11.8 Å². The van der Waals surface area contributed by atoms with Gasteiger partial charge in [0.15, 0.2) is 0 Å². The van der Waals surface area contributed by atoms with Crippen LogP contribution in [0.25, 0.3) is 0 Å². The van der Waals surface area contributed by atoms with Crippen LogP contribution < -0.4 is 10.6 Å². The highest BCUT2D eigenvalue weighted by Crippen LogP contribution is 2.26. The Labute approximate surface area is 180 Å². The Kier molecular flexibility index (Phi) is 10.4. The molecule has 1 aromatic rings. The van der Waals surface area contributed by atoms with Gasteiger partial charge in [-0.25, -0.2) is 0 Å². The Morgan fingerprint density at radius 3 is 2.61 bits per heavy atom. The minimum atomic E-state index is -0.714. The highest BCUT2D eigenvalue weighted by atomic mass is 16.5. The molecule has 2 aliphatic rings. The summed E-state index contributed by atoms with van der Waals surface area (Å²) in [6, 6.07) is 1.56. The second-order valence-electron chi connectivity index (χ2n) is 7.72. The molecule has 5 N–H and O–H groups in total. The number of H-pyrrole nitrogens is 1. The van der Waals surface area contributed by atoms with Crippen molar-refractivity contribution in [1.82, 2.24) is 20.8 Å². The Balaban J connectivity index is 0.00000107. The number of nitrogens with zero attached hydrogens (tertiary/aromatic N) is 1. The van der Waals surface area contributed by atoms with Gasteiger partial charge in [0.05, 0.1) is 36.7 Å². The number of nitrogens with one attached hydrogen (secondary N) is 3. The van der Waals surface area contributed by atoms with Gasteiger partial charge >= 0.3 is 0 Å². The van der Waals surface area contributed by atoms with E-state index in [0.29, 0.717) is 45.6 Å². The minimum absolute atomic E-state index is 0.0126. The fourth-order valence-electron chi connectivity index (χ4n) is 3.86. The number of amides is 2. The van der Waals surface area contributed by atoms with Crippen molar-refractivity contribution in [2.75, 3.05) is 20.3 Å². The molecular weight excluding hydrogens is 408 g/mol. The van der Waals surface area contributed by atoms with Crippen LogP contribution in [0.1, 0.15) is 43.5 Å². The summed E-state index contributed by atoms with van der Waals surface area (Å²) in [6.07, 6.45) is 2.31. The maximum absolute atomic E-state index is 12.4. The Bertz CT molecular complexity index is 705. The van der Waals surface area contributed by atoms with Crippen molar-refractivity contribution in [3.05, 3.63) is 17.5 Å². The van der Waals surface area contributed by atoms with Gasteiger partial charge in [0.2, 0.25) is 11.8 Å². The number of ether oxygens (including phenoxy) is 2. The van der Waals surface area contributed by atoms with Crippen molar-refractivity contribution in [1.29, 1.82) is 0 Å². The number of aliphatic hydroxyl groups is 1. The first-order valence-corrected chi connectivity index (χ1v) is 10.4. The smallest absolute Gasteiger partial charge is 0.290 e. The zero-order chi connectivity index (χ0) is 22.6. The van der Waals surface area contributed by atoms with Gasteiger partial charge in [-0.05, 0) is 38.2 Å². The zero-order valence-corrected chi connectivity index (χ0v) is 17.7. The van der Waals surface area contributed by atoms with Crippen LogP contribution >= 0.6 is 0 Å². The monoisotopic (exact) mass is 440 g/mol. The lowest BCUT2D eigenvalue weighted by atomic mass is 9.83. The van der Waals surface area contributed by atoms with Crippen LogP contribution in [0.5, 0.6) is 0 Å². The molecule has 31 heavy (non-hydrogen) atoms. The predicted octanol–water partition coefficient (Wildman–Crippen LogP) is -0.0545. The van der Waals surface area contributed by atoms with Crippen molar-refractivity contribution in [3.63, 3.8) is 0 Å².